The lowest BCUT2D eigenvalue weighted by Crippen LogP contribution is -2.42. The Morgan fingerprint density at radius 1 is 1.59 bits per heavy atom. The third-order valence-corrected chi connectivity index (χ3v) is 4.01. The van der Waals surface area contributed by atoms with Crippen molar-refractivity contribution in [3.8, 4) is 0 Å². The number of rotatable bonds is 3. The van der Waals surface area contributed by atoms with E-state index in [4.69, 9.17) is 11.6 Å². The normalized spacial score (nSPS) is 21.4. The van der Waals surface area contributed by atoms with Crippen LogP contribution in [0.15, 0.2) is 12.1 Å². The molecule has 1 aliphatic rings. The van der Waals surface area contributed by atoms with Gasteiger partial charge in [0.1, 0.15) is 0 Å². The SMILES string of the molecule is NNC(=O)c1ccc(CN2CCCC(N)C2)s1. The fraction of sp³-hybridized carbons (Fsp3) is 0.545. The Balaban J connectivity index is 1.94. The molecule has 1 atom stereocenters. The maximum atomic E-state index is 11.3. The molecule has 6 heteroatoms. The van der Waals surface area contributed by atoms with Gasteiger partial charge in [0.15, 0.2) is 0 Å². The molecule has 0 bridgehead atoms. The van der Waals surface area contributed by atoms with Crippen LogP contribution >= 0.6 is 11.3 Å². The van der Waals surface area contributed by atoms with Gasteiger partial charge < -0.3 is 5.73 Å². The lowest BCUT2D eigenvalue weighted by molar-refractivity contribution is 0.0957. The van der Waals surface area contributed by atoms with E-state index >= 15 is 0 Å². The van der Waals surface area contributed by atoms with Crippen LogP contribution in [0.5, 0.6) is 0 Å². The number of likely N-dealkylation sites (tertiary alicyclic amines) is 1. The van der Waals surface area contributed by atoms with Crippen molar-refractivity contribution in [2.45, 2.75) is 25.4 Å². The number of nitrogens with one attached hydrogen (secondary N) is 1. The van der Waals surface area contributed by atoms with Gasteiger partial charge in [0, 0.05) is 24.0 Å². The van der Waals surface area contributed by atoms with Gasteiger partial charge in [0.05, 0.1) is 4.88 Å². The van der Waals surface area contributed by atoms with E-state index in [1.165, 1.54) is 16.2 Å². The van der Waals surface area contributed by atoms with E-state index < -0.39 is 0 Å². The van der Waals surface area contributed by atoms with E-state index in [-0.39, 0.29) is 11.9 Å². The summed E-state index contributed by atoms with van der Waals surface area (Å²) < 4.78 is 0. The maximum absolute atomic E-state index is 11.3. The Kier molecular flexibility index (Phi) is 4.11. The second-order valence-electron chi connectivity index (χ2n) is 4.38. The summed E-state index contributed by atoms with van der Waals surface area (Å²) in [5.74, 6) is 4.87. The van der Waals surface area contributed by atoms with Crippen LogP contribution < -0.4 is 17.0 Å². The highest BCUT2D eigenvalue weighted by Crippen LogP contribution is 2.20. The van der Waals surface area contributed by atoms with Crippen molar-refractivity contribution >= 4 is 17.2 Å². The molecule has 0 spiro atoms. The third-order valence-electron chi connectivity index (χ3n) is 2.94. The maximum Gasteiger partial charge on any atom is 0.275 e. The quantitative estimate of drug-likeness (QED) is 0.411. The number of hydrogen-bond donors (Lipinski definition) is 3. The minimum atomic E-state index is -0.225. The molecule has 1 fully saturated rings. The first-order chi connectivity index (χ1) is 8.19. The van der Waals surface area contributed by atoms with Crippen LogP contribution in [0.3, 0.4) is 0 Å². The van der Waals surface area contributed by atoms with Gasteiger partial charge in [-0.3, -0.25) is 15.1 Å². The zero-order chi connectivity index (χ0) is 12.3. The molecular formula is C11H18N4OS. The molecule has 0 aromatic carbocycles. The van der Waals surface area contributed by atoms with E-state index in [0.717, 1.165) is 32.5 Å². The standard InChI is InChI=1S/C11H18N4OS/c12-8-2-1-5-15(6-8)7-9-3-4-10(17-9)11(16)14-13/h3-4,8H,1-2,5-7,12-13H2,(H,14,16). The van der Waals surface area contributed by atoms with Crippen molar-refractivity contribution in [1.29, 1.82) is 0 Å². The van der Waals surface area contributed by atoms with Gasteiger partial charge in [-0.25, -0.2) is 5.84 Å². The first-order valence-corrected chi connectivity index (χ1v) is 6.58. The zero-order valence-electron chi connectivity index (χ0n) is 9.69. The Morgan fingerprint density at radius 3 is 3.12 bits per heavy atom. The van der Waals surface area contributed by atoms with Crippen LogP contribution in [-0.4, -0.2) is 29.9 Å². The molecule has 5 N–H and O–H groups in total. The minimum absolute atomic E-state index is 0.225. The largest absolute Gasteiger partial charge is 0.327 e. The summed E-state index contributed by atoms with van der Waals surface area (Å²) in [6.45, 7) is 2.90. The number of nitrogens with two attached hydrogens (primary N) is 2. The molecule has 1 amide bonds. The van der Waals surface area contributed by atoms with Crippen LogP contribution in [-0.2, 0) is 6.54 Å². The van der Waals surface area contributed by atoms with E-state index in [1.54, 1.807) is 0 Å². The summed E-state index contributed by atoms with van der Waals surface area (Å²) in [5, 5.41) is 0. The van der Waals surface area contributed by atoms with Crippen molar-refractivity contribution in [3.63, 3.8) is 0 Å². The molecule has 1 aliphatic heterocycles. The number of amides is 1. The molecule has 2 rings (SSSR count). The number of carbonyl (C=O) groups is 1. The van der Waals surface area contributed by atoms with Crippen LogP contribution in [0, 0.1) is 0 Å². The topological polar surface area (TPSA) is 84.4 Å². The van der Waals surface area contributed by atoms with Crippen LogP contribution in [0.2, 0.25) is 0 Å². The predicted octanol–water partition coefficient (Wildman–Crippen LogP) is 0.275. The van der Waals surface area contributed by atoms with Crippen molar-refractivity contribution in [3.05, 3.63) is 21.9 Å². The molecule has 1 unspecified atom stereocenters. The Bertz CT molecular complexity index is 393. The van der Waals surface area contributed by atoms with Gasteiger partial charge in [0.2, 0.25) is 0 Å². The minimum Gasteiger partial charge on any atom is -0.327 e. The first-order valence-electron chi connectivity index (χ1n) is 5.76. The lowest BCUT2D eigenvalue weighted by atomic mass is 10.1. The van der Waals surface area contributed by atoms with Crippen LogP contribution in [0.4, 0.5) is 0 Å². The molecule has 17 heavy (non-hydrogen) atoms. The Morgan fingerprint density at radius 2 is 2.41 bits per heavy atom. The highest BCUT2D eigenvalue weighted by molar-refractivity contribution is 7.14. The number of thiophene rings is 1. The smallest absolute Gasteiger partial charge is 0.275 e. The van der Waals surface area contributed by atoms with E-state index in [9.17, 15) is 4.79 Å². The molecule has 2 heterocycles. The summed E-state index contributed by atoms with van der Waals surface area (Å²) in [5.41, 5.74) is 8.08. The van der Waals surface area contributed by atoms with Crippen molar-refractivity contribution in [2.75, 3.05) is 13.1 Å². The molecule has 0 radical (unpaired) electrons. The van der Waals surface area contributed by atoms with Crippen molar-refractivity contribution in [2.24, 2.45) is 11.6 Å². The first kappa shape index (κ1) is 12.5. The van der Waals surface area contributed by atoms with E-state index in [2.05, 4.69) is 10.3 Å². The molecule has 0 aliphatic carbocycles. The fourth-order valence-electron chi connectivity index (χ4n) is 2.11. The average molecular weight is 254 g/mol. The van der Waals surface area contributed by atoms with Gasteiger partial charge in [-0.1, -0.05) is 0 Å². The Hall–Kier alpha value is -0.950. The summed E-state index contributed by atoms with van der Waals surface area (Å²) in [4.78, 5) is 15.5. The van der Waals surface area contributed by atoms with Crippen LogP contribution in [0.1, 0.15) is 27.4 Å². The number of nitrogens with zero attached hydrogens (tertiary/aromatic N) is 1. The lowest BCUT2D eigenvalue weighted by Gasteiger charge is -2.30. The molecular weight excluding hydrogens is 236 g/mol. The summed E-state index contributed by atoms with van der Waals surface area (Å²) in [6, 6.07) is 4.08. The zero-order valence-corrected chi connectivity index (χ0v) is 10.5. The molecule has 5 nitrogen and oxygen atoms in total. The third kappa shape index (κ3) is 3.26. The number of carbonyl (C=O) groups excluding carboxylic acids is 1. The van der Waals surface area contributed by atoms with Gasteiger partial charge in [-0.05, 0) is 31.5 Å². The second-order valence-corrected chi connectivity index (χ2v) is 5.55. The molecule has 0 saturated carbocycles. The average Bonchev–Trinajstić information content (AvgIpc) is 2.76. The Labute approximate surface area is 105 Å². The monoisotopic (exact) mass is 254 g/mol. The van der Waals surface area contributed by atoms with Crippen molar-refractivity contribution in [1.82, 2.24) is 10.3 Å². The van der Waals surface area contributed by atoms with Gasteiger partial charge in [-0.15, -0.1) is 11.3 Å². The summed E-state index contributed by atoms with van der Waals surface area (Å²) in [7, 11) is 0. The second kappa shape index (κ2) is 5.59. The number of nitrogen functional groups attached to an aromatic ring is 1. The van der Waals surface area contributed by atoms with Crippen LogP contribution in [0.25, 0.3) is 0 Å². The molecule has 94 valence electrons. The van der Waals surface area contributed by atoms with E-state index in [0.29, 0.717) is 4.88 Å². The van der Waals surface area contributed by atoms with Crippen molar-refractivity contribution < 1.29 is 4.79 Å². The molecule has 1 aromatic heterocycles. The van der Waals surface area contributed by atoms with Gasteiger partial charge in [-0.2, -0.15) is 0 Å². The van der Waals surface area contributed by atoms with Gasteiger partial charge >= 0.3 is 0 Å². The van der Waals surface area contributed by atoms with Gasteiger partial charge in [0.25, 0.3) is 5.91 Å². The highest BCUT2D eigenvalue weighted by Gasteiger charge is 2.17. The predicted molar refractivity (Wildman–Crippen MR) is 68.5 cm³/mol. The number of hydrogen-bond acceptors (Lipinski definition) is 5. The summed E-state index contributed by atoms with van der Waals surface area (Å²) in [6.07, 6.45) is 2.27. The number of piperidine rings is 1. The highest BCUT2D eigenvalue weighted by atomic mass is 32.1. The summed E-state index contributed by atoms with van der Waals surface area (Å²) >= 11 is 1.49. The molecule has 1 saturated heterocycles. The molecule has 1 aromatic rings. The number of hydrazine groups is 1. The fourth-order valence-corrected chi connectivity index (χ4v) is 3.06. The van der Waals surface area contributed by atoms with E-state index in [1.807, 2.05) is 12.1 Å².